The molecule has 1 amide bonds. The molecular formula is C14H14ClN3O. The number of carbonyl (C=O) groups is 1. The molecule has 0 atom stereocenters. The lowest BCUT2D eigenvalue weighted by Gasteiger charge is -2.08. The first kappa shape index (κ1) is 13.2. The molecule has 4 nitrogen and oxygen atoms in total. The van der Waals surface area contributed by atoms with Crippen LogP contribution in [0.2, 0.25) is 5.02 Å². The fourth-order valence-corrected chi connectivity index (χ4v) is 1.93. The molecule has 0 aromatic heterocycles. The van der Waals surface area contributed by atoms with Crippen LogP contribution >= 0.6 is 11.6 Å². The van der Waals surface area contributed by atoms with Crippen molar-refractivity contribution in [2.24, 2.45) is 0 Å². The van der Waals surface area contributed by atoms with E-state index in [1.54, 1.807) is 24.3 Å². The molecule has 2 rings (SSSR count). The zero-order chi connectivity index (χ0) is 13.8. The van der Waals surface area contributed by atoms with E-state index in [9.17, 15) is 4.79 Å². The summed E-state index contributed by atoms with van der Waals surface area (Å²) in [5.41, 5.74) is 13.5. The molecule has 0 saturated heterocycles. The van der Waals surface area contributed by atoms with Gasteiger partial charge < -0.3 is 16.8 Å². The Kier molecular flexibility index (Phi) is 3.92. The van der Waals surface area contributed by atoms with Crippen molar-refractivity contribution in [3.05, 3.63) is 58.6 Å². The predicted octanol–water partition coefficient (Wildman–Crippen LogP) is 2.43. The van der Waals surface area contributed by atoms with Crippen LogP contribution in [-0.4, -0.2) is 5.91 Å². The maximum atomic E-state index is 12.0. The van der Waals surface area contributed by atoms with Crippen molar-refractivity contribution < 1.29 is 4.79 Å². The number of nitrogen functional groups attached to an aromatic ring is 2. The van der Waals surface area contributed by atoms with Gasteiger partial charge in [-0.15, -0.1) is 0 Å². The minimum absolute atomic E-state index is 0.237. The predicted molar refractivity (Wildman–Crippen MR) is 77.9 cm³/mol. The molecule has 2 aromatic rings. The fourth-order valence-electron chi connectivity index (χ4n) is 1.73. The van der Waals surface area contributed by atoms with Gasteiger partial charge in [-0.05, 0) is 29.8 Å². The highest BCUT2D eigenvalue weighted by Crippen LogP contribution is 2.16. The topological polar surface area (TPSA) is 81.1 Å². The van der Waals surface area contributed by atoms with Crippen molar-refractivity contribution in [3.63, 3.8) is 0 Å². The monoisotopic (exact) mass is 275 g/mol. The number of nitrogens with one attached hydrogen (secondary N) is 1. The Morgan fingerprint density at radius 1 is 1.11 bits per heavy atom. The number of carbonyl (C=O) groups excluding carboxylic acids is 1. The van der Waals surface area contributed by atoms with Gasteiger partial charge in [0.2, 0.25) is 0 Å². The minimum atomic E-state index is -0.237. The van der Waals surface area contributed by atoms with Gasteiger partial charge in [0.05, 0.1) is 0 Å². The van der Waals surface area contributed by atoms with E-state index in [1.807, 2.05) is 18.2 Å². The van der Waals surface area contributed by atoms with Crippen LogP contribution in [0.25, 0.3) is 0 Å². The Labute approximate surface area is 116 Å². The highest BCUT2D eigenvalue weighted by molar-refractivity contribution is 6.31. The molecule has 0 unspecified atom stereocenters. The van der Waals surface area contributed by atoms with Crippen molar-refractivity contribution in [2.45, 2.75) is 6.54 Å². The van der Waals surface area contributed by atoms with Crippen molar-refractivity contribution in [3.8, 4) is 0 Å². The largest absolute Gasteiger partial charge is 0.399 e. The lowest BCUT2D eigenvalue weighted by molar-refractivity contribution is 0.0951. The molecule has 0 aliphatic rings. The number of benzene rings is 2. The highest BCUT2D eigenvalue weighted by Gasteiger charge is 2.08. The molecule has 19 heavy (non-hydrogen) atoms. The van der Waals surface area contributed by atoms with Gasteiger partial charge in [0, 0.05) is 28.5 Å². The van der Waals surface area contributed by atoms with E-state index in [4.69, 9.17) is 23.1 Å². The molecule has 0 bridgehead atoms. The average Bonchev–Trinajstić information content (AvgIpc) is 2.36. The van der Waals surface area contributed by atoms with Crippen LogP contribution in [0.1, 0.15) is 15.9 Å². The number of rotatable bonds is 3. The van der Waals surface area contributed by atoms with Crippen LogP contribution in [0.15, 0.2) is 42.5 Å². The molecular weight excluding hydrogens is 262 g/mol. The quantitative estimate of drug-likeness (QED) is 0.753. The summed E-state index contributed by atoms with van der Waals surface area (Å²) < 4.78 is 0. The number of hydrogen-bond donors (Lipinski definition) is 3. The Morgan fingerprint density at radius 3 is 2.37 bits per heavy atom. The van der Waals surface area contributed by atoms with E-state index >= 15 is 0 Å². The van der Waals surface area contributed by atoms with Gasteiger partial charge in [-0.1, -0.05) is 29.8 Å². The van der Waals surface area contributed by atoms with E-state index in [-0.39, 0.29) is 5.91 Å². The fraction of sp³-hybridized carbons (Fsp3) is 0.0714. The first-order chi connectivity index (χ1) is 9.06. The van der Waals surface area contributed by atoms with Crippen molar-refractivity contribution in [1.29, 1.82) is 0 Å². The third kappa shape index (κ3) is 3.39. The molecule has 0 radical (unpaired) electrons. The third-order valence-corrected chi connectivity index (χ3v) is 3.01. The van der Waals surface area contributed by atoms with Gasteiger partial charge in [0.1, 0.15) is 0 Å². The summed E-state index contributed by atoms with van der Waals surface area (Å²) in [5.74, 6) is -0.237. The van der Waals surface area contributed by atoms with Gasteiger partial charge in [-0.2, -0.15) is 0 Å². The van der Waals surface area contributed by atoms with Crippen LogP contribution in [0.5, 0.6) is 0 Å². The van der Waals surface area contributed by atoms with E-state index in [0.29, 0.717) is 28.5 Å². The van der Waals surface area contributed by atoms with Crippen LogP contribution in [0.4, 0.5) is 11.4 Å². The molecule has 98 valence electrons. The summed E-state index contributed by atoms with van der Waals surface area (Å²) in [6.07, 6.45) is 0. The van der Waals surface area contributed by atoms with Crippen molar-refractivity contribution >= 4 is 28.9 Å². The molecule has 0 saturated carbocycles. The number of hydrogen-bond acceptors (Lipinski definition) is 3. The summed E-state index contributed by atoms with van der Waals surface area (Å²) >= 11 is 6.01. The van der Waals surface area contributed by atoms with Gasteiger partial charge in [-0.3, -0.25) is 4.79 Å². The maximum absolute atomic E-state index is 12.0. The second-order valence-corrected chi connectivity index (χ2v) is 4.57. The second-order valence-electron chi connectivity index (χ2n) is 4.16. The van der Waals surface area contributed by atoms with Crippen LogP contribution in [0, 0.1) is 0 Å². The summed E-state index contributed by atoms with van der Waals surface area (Å²) in [5, 5.41) is 3.40. The first-order valence-electron chi connectivity index (χ1n) is 5.74. The average molecular weight is 276 g/mol. The Bertz CT molecular complexity index is 593. The van der Waals surface area contributed by atoms with Gasteiger partial charge in [0.25, 0.3) is 5.91 Å². The number of amides is 1. The van der Waals surface area contributed by atoms with Crippen LogP contribution < -0.4 is 16.8 Å². The summed E-state index contributed by atoms with van der Waals surface area (Å²) in [7, 11) is 0. The molecule has 0 spiro atoms. The van der Waals surface area contributed by atoms with Gasteiger partial charge in [-0.25, -0.2) is 0 Å². The second kappa shape index (κ2) is 5.63. The summed E-state index contributed by atoms with van der Waals surface area (Å²) in [6, 6.07) is 12.1. The zero-order valence-electron chi connectivity index (χ0n) is 10.2. The van der Waals surface area contributed by atoms with Crippen molar-refractivity contribution in [2.75, 3.05) is 11.5 Å². The van der Waals surface area contributed by atoms with Gasteiger partial charge >= 0.3 is 0 Å². The van der Waals surface area contributed by atoms with Crippen LogP contribution in [-0.2, 0) is 6.54 Å². The molecule has 0 aliphatic heterocycles. The highest BCUT2D eigenvalue weighted by atomic mass is 35.5. The molecule has 0 fully saturated rings. The molecule has 5 N–H and O–H groups in total. The number of anilines is 2. The first-order valence-corrected chi connectivity index (χ1v) is 6.11. The summed E-state index contributed by atoms with van der Waals surface area (Å²) in [4.78, 5) is 12.0. The van der Waals surface area contributed by atoms with Crippen LogP contribution in [0.3, 0.4) is 0 Å². The van der Waals surface area contributed by atoms with E-state index in [0.717, 1.165) is 5.56 Å². The third-order valence-electron chi connectivity index (χ3n) is 2.64. The molecule has 0 heterocycles. The standard InChI is InChI=1S/C14H14ClN3O/c15-13-4-2-1-3-9(13)8-18-14(19)10-5-11(16)7-12(17)6-10/h1-7H,8,16-17H2,(H,18,19). The molecule has 5 heteroatoms. The molecule has 0 aliphatic carbocycles. The Balaban J connectivity index is 2.08. The Morgan fingerprint density at radius 2 is 1.74 bits per heavy atom. The summed E-state index contributed by atoms with van der Waals surface area (Å²) in [6.45, 7) is 0.354. The van der Waals surface area contributed by atoms with E-state index < -0.39 is 0 Å². The van der Waals surface area contributed by atoms with Crippen molar-refractivity contribution in [1.82, 2.24) is 5.32 Å². The SMILES string of the molecule is Nc1cc(N)cc(C(=O)NCc2ccccc2Cl)c1. The molecule has 2 aromatic carbocycles. The Hall–Kier alpha value is -2.20. The number of nitrogens with two attached hydrogens (primary N) is 2. The van der Waals surface area contributed by atoms with E-state index in [1.165, 1.54) is 0 Å². The smallest absolute Gasteiger partial charge is 0.251 e. The maximum Gasteiger partial charge on any atom is 0.251 e. The van der Waals surface area contributed by atoms with Gasteiger partial charge in [0.15, 0.2) is 0 Å². The number of halogens is 1. The normalized spacial score (nSPS) is 10.2. The lowest BCUT2D eigenvalue weighted by Crippen LogP contribution is -2.23. The van der Waals surface area contributed by atoms with E-state index in [2.05, 4.69) is 5.32 Å². The zero-order valence-corrected chi connectivity index (χ0v) is 10.9. The lowest BCUT2D eigenvalue weighted by atomic mass is 10.1. The minimum Gasteiger partial charge on any atom is -0.399 e.